The summed E-state index contributed by atoms with van der Waals surface area (Å²) in [5, 5.41) is 0. The molecule has 0 atom stereocenters. The number of nitrogens with zero attached hydrogens (tertiary/aromatic N) is 1. The molecule has 4 heteroatoms. The Morgan fingerprint density at radius 2 is 1.52 bits per heavy atom. The number of carbonyl (C=O) groups is 2. The van der Waals surface area contributed by atoms with Crippen molar-refractivity contribution in [2.75, 3.05) is 18.6 Å². The Hall–Kier alpha value is -2.62. The number of carbonyl (C=O) groups excluding carboxylic acids is 2. The molecule has 21 heavy (non-hydrogen) atoms. The smallest absolute Gasteiger partial charge is 0.338 e. The van der Waals surface area contributed by atoms with E-state index in [1.807, 2.05) is 30.3 Å². The van der Waals surface area contributed by atoms with Crippen molar-refractivity contribution in [1.82, 2.24) is 0 Å². The molecule has 108 valence electrons. The Balaban J connectivity index is 2.33. The highest BCUT2D eigenvalue weighted by atomic mass is 16.5. The number of benzene rings is 2. The standard InChI is InChI=1S/C17H17NO3/c1-3-21-17(20)15-12-8-7-11-14(15)16(19)18(2)13-9-5-4-6-10-13/h4-12H,3H2,1-2H3. The quantitative estimate of drug-likeness (QED) is 0.810. The first-order valence-corrected chi connectivity index (χ1v) is 6.74. The number of hydrogen-bond donors (Lipinski definition) is 0. The van der Waals surface area contributed by atoms with Gasteiger partial charge in [0.2, 0.25) is 0 Å². The number of esters is 1. The summed E-state index contributed by atoms with van der Waals surface area (Å²) >= 11 is 0. The highest BCUT2D eigenvalue weighted by Gasteiger charge is 2.20. The van der Waals surface area contributed by atoms with Crippen molar-refractivity contribution in [3.8, 4) is 0 Å². The Bertz CT molecular complexity index is 637. The molecule has 0 unspecified atom stereocenters. The van der Waals surface area contributed by atoms with E-state index in [2.05, 4.69) is 0 Å². The van der Waals surface area contributed by atoms with E-state index in [1.54, 1.807) is 38.2 Å². The summed E-state index contributed by atoms with van der Waals surface area (Å²) in [6.07, 6.45) is 0. The van der Waals surface area contributed by atoms with Gasteiger partial charge in [-0.25, -0.2) is 4.79 Å². The molecule has 0 aliphatic rings. The number of para-hydroxylation sites is 1. The Morgan fingerprint density at radius 1 is 0.952 bits per heavy atom. The first-order valence-electron chi connectivity index (χ1n) is 6.74. The Morgan fingerprint density at radius 3 is 2.14 bits per heavy atom. The van der Waals surface area contributed by atoms with E-state index < -0.39 is 5.97 Å². The number of rotatable bonds is 4. The van der Waals surface area contributed by atoms with Crippen molar-refractivity contribution in [3.63, 3.8) is 0 Å². The summed E-state index contributed by atoms with van der Waals surface area (Å²) in [6.45, 7) is 2.01. The predicted molar refractivity (Wildman–Crippen MR) is 81.6 cm³/mol. The first-order chi connectivity index (χ1) is 10.1. The number of hydrogen-bond acceptors (Lipinski definition) is 3. The lowest BCUT2D eigenvalue weighted by Gasteiger charge is -2.18. The third-order valence-corrected chi connectivity index (χ3v) is 3.10. The molecule has 0 aliphatic carbocycles. The molecule has 0 spiro atoms. The van der Waals surface area contributed by atoms with E-state index in [1.165, 1.54) is 4.90 Å². The third-order valence-electron chi connectivity index (χ3n) is 3.10. The van der Waals surface area contributed by atoms with Gasteiger partial charge in [-0.1, -0.05) is 30.3 Å². The van der Waals surface area contributed by atoms with Crippen molar-refractivity contribution in [2.45, 2.75) is 6.92 Å². The zero-order valence-corrected chi connectivity index (χ0v) is 12.1. The lowest BCUT2D eigenvalue weighted by atomic mass is 10.1. The van der Waals surface area contributed by atoms with Crippen LogP contribution in [0.5, 0.6) is 0 Å². The molecule has 0 aromatic heterocycles. The average molecular weight is 283 g/mol. The van der Waals surface area contributed by atoms with Gasteiger partial charge >= 0.3 is 5.97 Å². The van der Waals surface area contributed by atoms with Crippen LogP contribution < -0.4 is 4.90 Å². The van der Waals surface area contributed by atoms with Crippen molar-refractivity contribution in [3.05, 3.63) is 65.7 Å². The fourth-order valence-corrected chi connectivity index (χ4v) is 2.01. The van der Waals surface area contributed by atoms with E-state index in [9.17, 15) is 9.59 Å². The first kappa shape index (κ1) is 14.8. The predicted octanol–water partition coefficient (Wildman–Crippen LogP) is 3.14. The zero-order chi connectivity index (χ0) is 15.2. The number of ether oxygens (including phenoxy) is 1. The van der Waals surface area contributed by atoms with Crippen LogP contribution in [0.4, 0.5) is 5.69 Å². The van der Waals surface area contributed by atoms with E-state index in [0.717, 1.165) is 5.69 Å². The Labute approximate surface area is 124 Å². The van der Waals surface area contributed by atoms with E-state index in [4.69, 9.17) is 4.74 Å². The summed E-state index contributed by atoms with van der Waals surface area (Å²) in [5.74, 6) is -0.729. The minimum absolute atomic E-state index is 0.246. The third kappa shape index (κ3) is 3.28. The van der Waals surface area contributed by atoms with Gasteiger partial charge in [-0.3, -0.25) is 4.79 Å². The van der Waals surface area contributed by atoms with Crippen LogP contribution in [0.2, 0.25) is 0 Å². The number of anilines is 1. The van der Waals surface area contributed by atoms with Gasteiger partial charge in [-0.2, -0.15) is 0 Å². The van der Waals surface area contributed by atoms with E-state index in [0.29, 0.717) is 5.56 Å². The van der Waals surface area contributed by atoms with Crippen LogP contribution in [0.25, 0.3) is 0 Å². The average Bonchev–Trinajstić information content (AvgIpc) is 2.54. The molecule has 1 amide bonds. The molecule has 4 nitrogen and oxygen atoms in total. The molecule has 2 aromatic rings. The molecule has 0 aliphatic heterocycles. The van der Waals surface area contributed by atoms with Crippen molar-refractivity contribution in [1.29, 1.82) is 0 Å². The molecular weight excluding hydrogens is 266 g/mol. The maximum atomic E-state index is 12.6. The van der Waals surface area contributed by atoms with Crippen LogP contribution in [0.1, 0.15) is 27.6 Å². The monoisotopic (exact) mass is 283 g/mol. The van der Waals surface area contributed by atoms with Gasteiger partial charge in [0.1, 0.15) is 0 Å². The summed E-state index contributed by atoms with van der Waals surface area (Å²) in [7, 11) is 1.68. The second kappa shape index (κ2) is 6.70. The second-order valence-corrected chi connectivity index (χ2v) is 4.47. The molecule has 0 N–H and O–H groups in total. The van der Waals surface area contributed by atoms with Crippen molar-refractivity contribution >= 4 is 17.6 Å². The molecule has 0 bridgehead atoms. The van der Waals surface area contributed by atoms with Crippen LogP contribution in [-0.2, 0) is 4.74 Å². The lowest BCUT2D eigenvalue weighted by molar-refractivity contribution is 0.0523. The largest absolute Gasteiger partial charge is 0.462 e. The minimum atomic E-state index is -0.483. The summed E-state index contributed by atoms with van der Waals surface area (Å²) in [4.78, 5) is 26.0. The molecule has 0 radical (unpaired) electrons. The van der Waals surface area contributed by atoms with Gasteiger partial charge in [-0.05, 0) is 31.2 Å². The lowest BCUT2D eigenvalue weighted by Crippen LogP contribution is -2.28. The SMILES string of the molecule is CCOC(=O)c1ccccc1C(=O)N(C)c1ccccc1. The van der Waals surface area contributed by atoms with Gasteiger partial charge in [0, 0.05) is 12.7 Å². The van der Waals surface area contributed by atoms with Gasteiger partial charge in [0.15, 0.2) is 0 Å². The van der Waals surface area contributed by atoms with Crippen molar-refractivity contribution in [2.24, 2.45) is 0 Å². The second-order valence-electron chi connectivity index (χ2n) is 4.47. The van der Waals surface area contributed by atoms with E-state index in [-0.39, 0.29) is 18.1 Å². The normalized spacial score (nSPS) is 10.0. The summed E-state index contributed by atoms with van der Waals surface area (Å²) in [5.41, 5.74) is 1.38. The van der Waals surface area contributed by atoms with Gasteiger partial charge < -0.3 is 9.64 Å². The van der Waals surface area contributed by atoms with Crippen LogP contribution >= 0.6 is 0 Å². The molecule has 2 rings (SSSR count). The maximum absolute atomic E-state index is 12.6. The van der Waals surface area contributed by atoms with E-state index >= 15 is 0 Å². The zero-order valence-electron chi connectivity index (χ0n) is 12.1. The molecule has 2 aromatic carbocycles. The Kier molecular flexibility index (Phi) is 4.72. The van der Waals surface area contributed by atoms with Gasteiger partial charge in [-0.15, -0.1) is 0 Å². The highest BCUT2D eigenvalue weighted by Crippen LogP contribution is 2.18. The van der Waals surface area contributed by atoms with Crippen molar-refractivity contribution < 1.29 is 14.3 Å². The summed E-state index contributed by atoms with van der Waals surface area (Å²) < 4.78 is 4.99. The maximum Gasteiger partial charge on any atom is 0.338 e. The topological polar surface area (TPSA) is 46.6 Å². The molecule has 0 saturated heterocycles. The molecule has 0 heterocycles. The van der Waals surface area contributed by atoms with Crippen LogP contribution in [-0.4, -0.2) is 25.5 Å². The van der Waals surface area contributed by atoms with Crippen LogP contribution in [0, 0.1) is 0 Å². The fourth-order valence-electron chi connectivity index (χ4n) is 2.01. The van der Waals surface area contributed by atoms with Gasteiger partial charge in [0.25, 0.3) is 5.91 Å². The highest BCUT2D eigenvalue weighted by molar-refractivity contribution is 6.11. The van der Waals surface area contributed by atoms with Gasteiger partial charge in [0.05, 0.1) is 17.7 Å². The molecule has 0 fully saturated rings. The number of amides is 1. The van der Waals surface area contributed by atoms with Crippen LogP contribution in [0.15, 0.2) is 54.6 Å². The summed E-state index contributed by atoms with van der Waals surface area (Å²) in [6, 6.07) is 16.0. The van der Waals surface area contributed by atoms with Crippen LogP contribution in [0.3, 0.4) is 0 Å². The minimum Gasteiger partial charge on any atom is -0.462 e. The molecular formula is C17H17NO3. The molecule has 0 saturated carbocycles. The fraction of sp³-hybridized carbons (Fsp3) is 0.176.